The maximum absolute atomic E-state index is 13.2. The van der Waals surface area contributed by atoms with E-state index < -0.39 is 17.3 Å². The Bertz CT molecular complexity index is 1200. The van der Waals surface area contributed by atoms with Crippen molar-refractivity contribution in [1.82, 2.24) is 19.8 Å². The van der Waals surface area contributed by atoms with E-state index in [1.54, 1.807) is 22.7 Å². The Balaban J connectivity index is 1.72. The maximum Gasteiger partial charge on any atom is 0.417 e. The van der Waals surface area contributed by atoms with Crippen LogP contribution in [0.3, 0.4) is 0 Å². The number of halogens is 3. The molecule has 28 heavy (non-hydrogen) atoms. The van der Waals surface area contributed by atoms with Gasteiger partial charge in [-0.3, -0.25) is 0 Å². The molecule has 138 valence electrons. The normalized spacial score (nSPS) is 11.5. The van der Waals surface area contributed by atoms with Crippen LogP contribution >= 0.6 is 11.8 Å². The molecule has 2 heterocycles. The van der Waals surface area contributed by atoms with Crippen LogP contribution in [0.2, 0.25) is 0 Å². The van der Waals surface area contributed by atoms with Crippen molar-refractivity contribution in [3.05, 3.63) is 71.8 Å². The van der Waals surface area contributed by atoms with Crippen molar-refractivity contribution in [1.29, 1.82) is 5.26 Å². The molecule has 0 N–H and O–H groups in total. The molecule has 0 aliphatic heterocycles. The Labute approximate surface area is 161 Å². The van der Waals surface area contributed by atoms with Gasteiger partial charge in [-0.05, 0) is 30.3 Å². The summed E-state index contributed by atoms with van der Waals surface area (Å²) >= 11 is 1.06. The Morgan fingerprint density at radius 1 is 0.964 bits per heavy atom. The first-order valence-corrected chi connectivity index (χ1v) is 8.84. The van der Waals surface area contributed by atoms with Gasteiger partial charge in [0.25, 0.3) is 0 Å². The highest BCUT2D eigenvalue weighted by Gasteiger charge is 2.33. The maximum atomic E-state index is 13.2. The fourth-order valence-electron chi connectivity index (χ4n) is 2.63. The van der Waals surface area contributed by atoms with Crippen molar-refractivity contribution in [3.8, 4) is 17.5 Å². The van der Waals surface area contributed by atoms with Crippen molar-refractivity contribution in [2.45, 2.75) is 16.1 Å². The monoisotopic (exact) mass is 397 g/mol. The second kappa shape index (κ2) is 6.98. The summed E-state index contributed by atoms with van der Waals surface area (Å²) in [5, 5.41) is 22.0. The van der Waals surface area contributed by atoms with E-state index >= 15 is 0 Å². The topological polar surface area (TPSA) is 66.9 Å². The molecule has 0 aliphatic carbocycles. The minimum atomic E-state index is -4.60. The van der Waals surface area contributed by atoms with E-state index in [2.05, 4.69) is 15.3 Å². The van der Waals surface area contributed by atoms with E-state index in [1.807, 2.05) is 30.3 Å². The second-order valence-corrected chi connectivity index (χ2v) is 6.84. The van der Waals surface area contributed by atoms with Gasteiger partial charge in [0.1, 0.15) is 5.03 Å². The fraction of sp³-hybridized carbons (Fsp3) is 0.0526. The molecule has 0 saturated heterocycles. The molecule has 4 aromatic rings. The van der Waals surface area contributed by atoms with Crippen LogP contribution in [0.1, 0.15) is 11.1 Å². The van der Waals surface area contributed by atoms with Crippen molar-refractivity contribution in [2.75, 3.05) is 0 Å². The largest absolute Gasteiger partial charge is 0.417 e. The summed E-state index contributed by atoms with van der Waals surface area (Å²) in [6.07, 6.45) is -4.60. The van der Waals surface area contributed by atoms with Crippen molar-refractivity contribution in [3.63, 3.8) is 0 Å². The molecule has 0 unspecified atom stereocenters. The molecule has 2 aromatic carbocycles. The predicted octanol–water partition coefficient (Wildman–Crippen LogP) is 4.83. The SMILES string of the molecule is N#Cc1ccc(Sc2ccc3nnc(-c4ccccc4)n3n2)cc1C(F)(F)F. The van der Waals surface area contributed by atoms with E-state index in [1.165, 1.54) is 6.07 Å². The summed E-state index contributed by atoms with van der Waals surface area (Å²) in [6, 6.07) is 17.9. The average Bonchev–Trinajstić information content (AvgIpc) is 3.11. The first kappa shape index (κ1) is 18.0. The molecule has 0 bridgehead atoms. The summed E-state index contributed by atoms with van der Waals surface area (Å²) in [6.45, 7) is 0. The second-order valence-electron chi connectivity index (χ2n) is 5.75. The Hall–Kier alpha value is -3.38. The van der Waals surface area contributed by atoms with E-state index in [0.29, 0.717) is 21.4 Å². The Kier molecular flexibility index (Phi) is 4.49. The molecule has 0 radical (unpaired) electrons. The number of aromatic nitrogens is 4. The lowest BCUT2D eigenvalue weighted by atomic mass is 10.1. The Morgan fingerprint density at radius 2 is 1.75 bits per heavy atom. The molecule has 0 spiro atoms. The third kappa shape index (κ3) is 3.42. The van der Waals surface area contributed by atoms with E-state index in [9.17, 15) is 13.2 Å². The standard InChI is InChI=1S/C19H10F3N5S/c20-19(21,22)15-10-14(7-6-13(15)11-23)28-17-9-8-16-24-25-18(27(16)26-17)12-4-2-1-3-5-12/h1-10H. The van der Waals surface area contributed by atoms with E-state index in [0.717, 1.165) is 29.5 Å². The molecule has 4 rings (SSSR count). The summed E-state index contributed by atoms with van der Waals surface area (Å²) in [4.78, 5) is 0.326. The lowest BCUT2D eigenvalue weighted by Crippen LogP contribution is -2.07. The zero-order chi connectivity index (χ0) is 19.7. The molecular weight excluding hydrogens is 387 g/mol. The van der Waals surface area contributed by atoms with Crippen LogP contribution < -0.4 is 0 Å². The zero-order valence-electron chi connectivity index (χ0n) is 14.1. The van der Waals surface area contributed by atoms with Gasteiger partial charge in [-0.1, -0.05) is 42.1 Å². The molecule has 5 nitrogen and oxygen atoms in total. The quantitative estimate of drug-likeness (QED) is 0.495. The van der Waals surface area contributed by atoms with Gasteiger partial charge >= 0.3 is 6.18 Å². The number of rotatable bonds is 3. The molecule has 0 saturated carbocycles. The highest BCUT2D eigenvalue weighted by atomic mass is 32.2. The first-order chi connectivity index (χ1) is 13.5. The lowest BCUT2D eigenvalue weighted by Gasteiger charge is -2.10. The summed E-state index contributed by atoms with van der Waals surface area (Å²) in [5.41, 5.74) is -0.0258. The van der Waals surface area contributed by atoms with Gasteiger partial charge in [-0.25, -0.2) is 0 Å². The number of fused-ring (bicyclic) bond motifs is 1. The fourth-order valence-corrected chi connectivity index (χ4v) is 3.45. The van der Waals surface area contributed by atoms with Crippen molar-refractivity contribution in [2.24, 2.45) is 0 Å². The predicted molar refractivity (Wildman–Crippen MR) is 96.5 cm³/mol. The minimum Gasteiger partial charge on any atom is -0.192 e. The van der Waals surface area contributed by atoms with Crippen LogP contribution in [0.5, 0.6) is 0 Å². The molecular formula is C19H10F3N5S. The van der Waals surface area contributed by atoms with E-state index in [4.69, 9.17) is 5.26 Å². The van der Waals surface area contributed by atoms with Gasteiger partial charge in [0.2, 0.25) is 0 Å². The summed E-state index contributed by atoms with van der Waals surface area (Å²) in [7, 11) is 0. The third-order valence-electron chi connectivity index (χ3n) is 3.91. The van der Waals surface area contributed by atoms with Gasteiger partial charge < -0.3 is 0 Å². The van der Waals surface area contributed by atoms with Crippen molar-refractivity contribution < 1.29 is 13.2 Å². The van der Waals surface area contributed by atoms with Crippen LogP contribution in [0.25, 0.3) is 17.0 Å². The third-order valence-corrected chi connectivity index (χ3v) is 4.83. The highest BCUT2D eigenvalue weighted by Crippen LogP contribution is 2.36. The van der Waals surface area contributed by atoms with Crippen LogP contribution in [-0.2, 0) is 6.18 Å². The van der Waals surface area contributed by atoms with Gasteiger partial charge in [-0.15, -0.1) is 10.2 Å². The summed E-state index contributed by atoms with van der Waals surface area (Å²) < 4.78 is 41.0. The van der Waals surface area contributed by atoms with Gasteiger partial charge in [0.05, 0.1) is 17.2 Å². The van der Waals surface area contributed by atoms with Crippen LogP contribution in [0, 0.1) is 11.3 Å². The molecule has 0 atom stereocenters. The van der Waals surface area contributed by atoms with Crippen LogP contribution in [0.15, 0.2) is 70.6 Å². The van der Waals surface area contributed by atoms with Gasteiger partial charge in [0.15, 0.2) is 11.5 Å². The molecule has 0 aliphatic rings. The van der Waals surface area contributed by atoms with Gasteiger partial charge in [0, 0.05) is 10.5 Å². The van der Waals surface area contributed by atoms with Crippen LogP contribution in [0.4, 0.5) is 13.2 Å². The summed E-state index contributed by atoms with van der Waals surface area (Å²) in [5.74, 6) is 0.536. The number of nitrogens with zero attached hydrogens (tertiary/aromatic N) is 5. The highest BCUT2D eigenvalue weighted by molar-refractivity contribution is 7.99. The zero-order valence-corrected chi connectivity index (χ0v) is 14.9. The first-order valence-electron chi connectivity index (χ1n) is 8.03. The van der Waals surface area contributed by atoms with Crippen molar-refractivity contribution >= 4 is 17.4 Å². The smallest absolute Gasteiger partial charge is 0.192 e. The molecule has 9 heteroatoms. The number of nitriles is 1. The Morgan fingerprint density at radius 3 is 2.46 bits per heavy atom. The van der Waals surface area contributed by atoms with Gasteiger partial charge in [-0.2, -0.15) is 28.0 Å². The number of hydrogen-bond acceptors (Lipinski definition) is 5. The number of hydrogen-bond donors (Lipinski definition) is 0. The molecule has 0 fully saturated rings. The lowest BCUT2D eigenvalue weighted by molar-refractivity contribution is -0.137. The van der Waals surface area contributed by atoms with E-state index in [-0.39, 0.29) is 0 Å². The van der Waals surface area contributed by atoms with Crippen LogP contribution in [-0.4, -0.2) is 19.8 Å². The molecule has 0 amide bonds. The average molecular weight is 397 g/mol. The molecule has 2 aromatic heterocycles. The number of benzene rings is 2. The minimum absolute atomic E-state index is 0.326. The number of alkyl halides is 3.